The van der Waals surface area contributed by atoms with Gasteiger partial charge in [-0.2, -0.15) is 0 Å². The van der Waals surface area contributed by atoms with Crippen molar-refractivity contribution in [2.75, 3.05) is 6.54 Å². The largest absolute Gasteiger partial charge is 0.390 e. The fourth-order valence-corrected chi connectivity index (χ4v) is 1.80. The van der Waals surface area contributed by atoms with Crippen LogP contribution in [0.5, 0.6) is 0 Å². The third-order valence-electron chi connectivity index (χ3n) is 2.78. The number of rotatable bonds is 7. The predicted molar refractivity (Wildman–Crippen MR) is 80.2 cm³/mol. The van der Waals surface area contributed by atoms with Gasteiger partial charge in [-0.15, -0.1) is 11.6 Å². The van der Waals surface area contributed by atoms with Crippen LogP contribution in [0.1, 0.15) is 5.82 Å². The number of aromatic nitrogens is 2. The van der Waals surface area contributed by atoms with Gasteiger partial charge < -0.3 is 4.84 Å². The molecular formula is C16H15N3O3. The van der Waals surface area contributed by atoms with Crippen molar-refractivity contribution in [3.8, 4) is 11.1 Å². The molecule has 0 aliphatic heterocycles. The molecule has 2 rings (SSSR count). The Balaban J connectivity index is 2.07. The third kappa shape index (κ3) is 4.32. The molecule has 6 heteroatoms. The summed E-state index contributed by atoms with van der Waals surface area (Å²) in [4.78, 5) is 34.7. The normalized spacial score (nSPS) is 10.2. The Labute approximate surface area is 128 Å². The highest BCUT2D eigenvalue weighted by Gasteiger charge is 2.12. The van der Waals surface area contributed by atoms with Crippen molar-refractivity contribution in [3.05, 3.63) is 61.2 Å². The average Bonchev–Trinajstić information content (AvgIpc) is 2.56. The van der Waals surface area contributed by atoms with Crippen LogP contribution in [-0.4, -0.2) is 33.8 Å². The van der Waals surface area contributed by atoms with Crippen molar-refractivity contribution in [3.63, 3.8) is 0 Å². The zero-order valence-electron chi connectivity index (χ0n) is 11.9. The summed E-state index contributed by atoms with van der Waals surface area (Å²) >= 11 is 0. The number of carbonyl (C=O) groups excluding carboxylic acids is 2. The first-order chi connectivity index (χ1) is 10.7. The molecule has 1 aromatic carbocycles. The average molecular weight is 297 g/mol. The summed E-state index contributed by atoms with van der Waals surface area (Å²) in [6.45, 7) is 4.00. The molecule has 0 atom stereocenters. The second kappa shape index (κ2) is 7.80. The minimum atomic E-state index is -0.970. The van der Waals surface area contributed by atoms with Gasteiger partial charge in [-0.3, -0.25) is 4.79 Å². The number of nitrogens with zero attached hydrogens (tertiary/aromatic N) is 3. The molecule has 1 aromatic heterocycles. The SMILES string of the molecule is C=CCN(Cc1ncc(-c2ccccc2)cn1)OC(=O)C=O. The lowest BCUT2D eigenvalue weighted by Crippen LogP contribution is -2.28. The monoisotopic (exact) mass is 297 g/mol. The highest BCUT2D eigenvalue weighted by Crippen LogP contribution is 2.16. The zero-order valence-corrected chi connectivity index (χ0v) is 11.9. The summed E-state index contributed by atoms with van der Waals surface area (Å²) in [7, 11) is 0. The van der Waals surface area contributed by atoms with Crippen LogP contribution in [0.3, 0.4) is 0 Å². The molecule has 0 bridgehead atoms. The van der Waals surface area contributed by atoms with Crippen LogP contribution in [0.2, 0.25) is 0 Å². The van der Waals surface area contributed by atoms with Crippen LogP contribution in [-0.2, 0) is 21.0 Å². The molecule has 112 valence electrons. The molecule has 0 radical (unpaired) electrons. The van der Waals surface area contributed by atoms with Gasteiger partial charge in [-0.05, 0) is 5.56 Å². The second-order valence-corrected chi connectivity index (χ2v) is 4.39. The molecule has 0 unspecified atom stereocenters. The van der Waals surface area contributed by atoms with Gasteiger partial charge in [0.1, 0.15) is 5.82 Å². The van der Waals surface area contributed by atoms with Gasteiger partial charge in [0.05, 0.1) is 13.1 Å². The maximum atomic E-state index is 11.0. The summed E-state index contributed by atoms with van der Waals surface area (Å²) < 4.78 is 0. The number of carbonyl (C=O) groups is 2. The van der Waals surface area contributed by atoms with E-state index in [1.165, 1.54) is 5.06 Å². The summed E-state index contributed by atoms with van der Waals surface area (Å²) in [6.07, 6.45) is 5.06. The van der Waals surface area contributed by atoms with Crippen molar-refractivity contribution in [2.24, 2.45) is 0 Å². The quantitative estimate of drug-likeness (QED) is 0.336. The molecule has 6 nitrogen and oxygen atoms in total. The number of hydrogen-bond donors (Lipinski definition) is 0. The fraction of sp³-hybridized carbons (Fsp3) is 0.125. The Kier molecular flexibility index (Phi) is 5.50. The summed E-state index contributed by atoms with van der Waals surface area (Å²) in [5.74, 6) is -0.497. The number of hydroxylamine groups is 2. The van der Waals surface area contributed by atoms with Gasteiger partial charge >= 0.3 is 5.97 Å². The first kappa shape index (κ1) is 15.5. The number of benzene rings is 1. The molecule has 0 spiro atoms. The van der Waals surface area contributed by atoms with Crippen molar-refractivity contribution < 1.29 is 14.4 Å². The Morgan fingerprint density at radius 1 is 1.18 bits per heavy atom. The number of hydrogen-bond acceptors (Lipinski definition) is 6. The highest BCUT2D eigenvalue weighted by molar-refractivity contribution is 6.20. The minimum absolute atomic E-state index is 0.107. The molecule has 0 saturated carbocycles. The van der Waals surface area contributed by atoms with Gasteiger partial charge in [-0.25, -0.2) is 14.8 Å². The van der Waals surface area contributed by atoms with E-state index in [1.54, 1.807) is 18.5 Å². The summed E-state index contributed by atoms with van der Waals surface area (Å²) in [5, 5.41) is 1.27. The maximum absolute atomic E-state index is 11.0. The summed E-state index contributed by atoms with van der Waals surface area (Å²) in [5.41, 5.74) is 1.91. The van der Waals surface area contributed by atoms with E-state index in [1.807, 2.05) is 30.3 Å². The van der Waals surface area contributed by atoms with Gasteiger partial charge in [-0.1, -0.05) is 36.4 Å². The smallest absolute Gasteiger partial charge is 0.361 e. The molecule has 0 aliphatic rings. The molecule has 0 saturated heterocycles. The van der Waals surface area contributed by atoms with Crippen LogP contribution in [0.4, 0.5) is 0 Å². The number of aldehydes is 1. The molecular weight excluding hydrogens is 282 g/mol. The van der Waals surface area contributed by atoms with E-state index in [0.717, 1.165) is 11.1 Å². The molecule has 0 N–H and O–H groups in total. The minimum Gasteiger partial charge on any atom is -0.361 e. The van der Waals surface area contributed by atoms with Crippen molar-refractivity contribution in [1.82, 2.24) is 15.0 Å². The van der Waals surface area contributed by atoms with Crippen molar-refractivity contribution in [1.29, 1.82) is 0 Å². The molecule has 0 amide bonds. The van der Waals surface area contributed by atoms with E-state index in [2.05, 4.69) is 16.5 Å². The van der Waals surface area contributed by atoms with Crippen LogP contribution >= 0.6 is 0 Å². The van der Waals surface area contributed by atoms with Gasteiger partial charge in [0.2, 0.25) is 6.29 Å². The fourth-order valence-electron chi connectivity index (χ4n) is 1.80. The summed E-state index contributed by atoms with van der Waals surface area (Å²) in [6, 6.07) is 9.75. The third-order valence-corrected chi connectivity index (χ3v) is 2.78. The Hall–Kier alpha value is -2.86. The molecule has 0 fully saturated rings. The predicted octanol–water partition coefficient (Wildman–Crippen LogP) is 1.79. The molecule has 1 heterocycles. The van der Waals surface area contributed by atoms with Crippen molar-refractivity contribution in [2.45, 2.75) is 6.54 Å². The van der Waals surface area contributed by atoms with E-state index in [-0.39, 0.29) is 19.4 Å². The molecule has 22 heavy (non-hydrogen) atoms. The Morgan fingerprint density at radius 3 is 2.45 bits per heavy atom. The van der Waals surface area contributed by atoms with Crippen LogP contribution in [0.15, 0.2) is 55.4 Å². The van der Waals surface area contributed by atoms with E-state index in [4.69, 9.17) is 4.84 Å². The lowest BCUT2D eigenvalue weighted by molar-refractivity contribution is -0.189. The van der Waals surface area contributed by atoms with Crippen molar-refractivity contribution >= 4 is 12.3 Å². The van der Waals surface area contributed by atoms with E-state index in [9.17, 15) is 9.59 Å². The first-order valence-electron chi connectivity index (χ1n) is 6.62. The first-order valence-corrected chi connectivity index (χ1v) is 6.62. The molecule has 2 aromatic rings. The van der Waals surface area contributed by atoms with E-state index >= 15 is 0 Å². The maximum Gasteiger partial charge on any atom is 0.390 e. The Bertz CT molecular complexity index is 641. The zero-order chi connectivity index (χ0) is 15.8. The lowest BCUT2D eigenvalue weighted by atomic mass is 10.1. The van der Waals surface area contributed by atoms with E-state index < -0.39 is 5.97 Å². The Morgan fingerprint density at radius 2 is 1.86 bits per heavy atom. The van der Waals surface area contributed by atoms with Gasteiger partial charge in [0.15, 0.2) is 0 Å². The van der Waals surface area contributed by atoms with Gasteiger partial charge in [0.25, 0.3) is 0 Å². The highest BCUT2D eigenvalue weighted by atomic mass is 16.7. The molecule has 0 aliphatic carbocycles. The van der Waals surface area contributed by atoms with Gasteiger partial charge in [0, 0.05) is 18.0 Å². The lowest BCUT2D eigenvalue weighted by Gasteiger charge is -2.17. The second-order valence-electron chi connectivity index (χ2n) is 4.39. The topological polar surface area (TPSA) is 72.4 Å². The standard InChI is InChI=1S/C16H15N3O3/c1-2-8-19(22-16(21)12-20)11-15-17-9-14(10-18-15)13-6-4-3-5-7-13/h2-7,9-10,12H,1,8,11H2. The van der Waals surface area contributed by atoms with E-state index in [0.29, 0.717) is 5.82 Å². The van der Waals surface area contributed by atoms with Crippen LogP contribution in [0.25, 0.3) is 11.1 Å². The van der Waals surface area contributed by atoms with Crippen LogP contribution < -0.4 is 0 Å². The van der Waals surface area contributed by atoms with Crippen LogP contribution in [0, 0.1) is 0 Å².